The predicted molar refractivity (Wildman–Crippen MR) is 41.5 cm³/mol. The minimum atomic E-state index is -1.11. The third-order valence-corrected chi connectivity index (χ3v) is 1.47. The molecule has 2 N–H and O–H groups in total. The van der Waals surface area contributed by atoms with Gasteiger partial charge in [0.1, 0.15) is 0 Å². The van der Waals surface area contributed by atoms with Crippen molar-refractivity contribution in [3.8, 4) is 0 Å². The number of benzene rings is 1. The van der Waals surface area contributed by atoms with Crippen LogP contribution in [0.2, 0.25) is 0 Å². The van der Waals surface area contributed by atoms with Crippen molar-refractivity contribution in [3.05, 3.63) is 42.1 Å². The van der Waals surface area contributed by atoms with Crippen LogP contribution in [0.4, 0.5) is 5.69 Å². The van der Waals surface area contributed by atoms with Gasteiger partial charge < -0.3 is 10.4 Å². The van der Waals surface area contributed by atoms with Gasteiger partial charge in [-0.25, -0.2) is 0 Å². The lowest BCUT2D eigenvalue weighted by Gasteiger charge is -1.85. The molecule has 0 saturated heterocycles. The maximum atomic E-state index is 11.1. The van der Waals surface area contributed by atoms with E-state index >= 15 is 0 Å². The van der Waals surface area contributed by atoms with Gasteiger partial charge in [-0.05, 0) is 5.18 Å². The molecular formula is C6H3N3O5. The van der Waals surface area contributed by atoms with Crippen molar-refractivity contribution in [1.29, 1.82) is 0 Å². The Morgan fingerprint density at radius 2 is 1.71 bits per heavy atom. The number of nitroso groups, excluding NO2 is 1. The van der Waals surface area contributed by atoms with E-state index in [0.29, 0.717) is 6.07 Å². The van der Waals surface area contributed by atoms with Gasteiger partial charge >= 0.3 is 0 Å². The first-order valence-corrected chi connectivity index (χ1v) is 3.24. The zero-order valence-electron chi connectivity index (χ0n) is 6.54. The van der Waals surface area contributed by atoms with Crippen LogP contribution in [0.15, 0.2) is 31.1 Å². The van der Waals surface area contributed by atoms with Crippen molar-refractivity contribution in [1.82, 2.24) is 0 Å². The van der Waals surface area contributed by atoms with E-state index < -0.39 is 27.3 Å². The lowest BCUT2D eigenvalue weighted by Crippen LogP contribution is -2.47. The van der Waals surface area contributed by atoms with Crippen LogP contribution >= 0.6 is 0 Å². The molecule has 0 bridgehead atoms. The third-order valence-electron chi connectivity index (χ3n) is 1.47. The van der Waals surface area contributed by atoms with Crippen LogP contribution in [-0.2, 0) is 0 Å². The summed E-state index contributed by atoms with van der Waals surface area (Å²) in [6.07, 6.45) is 0. The number of rotatable bonds is 1. The van der Waals surface area contributed by atoms with E-state index in [9.17, 15) is 14.5 Å². The molecule has 8 heteroatoms. The molecule has 0 amide bonds. The second kappa shape index (κ2) is 3.56. The van der Waals surface area contributed by atoms with Crippen molar-refractivity contribution in [2.45, 2.75) is 0 Å². The summed E-state index contributed by atoms with van der Waals surface area (Å²) in [5.74, 6) is 0. The van der Waals surface area contributed by atoms with E-state index in [1.807, 2.05) is 0 Å². The molecule has 8 nitrogen and oxygen atoms in total. The van der Waals surface area contributed by atoms with Gasteiger partial charge in [-0.1, -0.05) is 10.3 Å². The predicted octanol–water partition coefficient (Wildman–Crippen LogP) is -1.74. The van der Waals surface area contributed by atoms with Crippen LogP contribution in [0.25, 0.3) is 0 Å². The van der Waals surface area contributed by atoms with Crippen LogP contribution in [-0.4, -0.2) is 10.4 Å². The number of hydrogen-bond donors (Lipinski definition) is 2. The molecule has 1 rings (SSSR count). The van der Waals surface area contributed by atoms with Crippen LogP contribution < -0.4 is 21.6 Å². The first kappa shape index (κ1) is 9.71. The SMILES string of the molecule is O=Nc1cc(=NO)c(=O)c(=NO)c1=O. The monoisotopic (exact) mass is 197 g/mol. The van der Waals surface area contributed by atoms with Crippen molar-refractivity contribution < 1.29 is 10.4 Å². The van der Waals surface area contributed by atoms with Gasteiger partial charge in [-0.15, -0.1) is 4.91 Å². The molecule has 0 atom stereocenters. The highest BCUT2D eigenvalue weighted by molar-refractivity contribution is 5.34. The number of hydrogen-bond acceptors (Lipinski definition) is 8. The first-order chi connectivity index (χ1) is 6.65. The Hall–Kier alpha value is -2.38. The average Bonchev–Trinajstić information content (AvgIpc) is 2.19. The molecule has 0 unspecified atom stereocenters. The highest BCUT2D eigenvalue weighted by Crippen LogP contribution is 1.93. The Kier molecular flexibility index (Phi) is 2.47. The topological polar surface area (TPSA) is 129 Å². The van der Waals surface area contributed by atoms with Crippen LogP contribution in [0.3, 0.4) is 0 Å². The van der Waals surface area contributed by atoms with Crippen molar-refractivity contribution in [2.75, 3.05) is 0 Å². The molecule has 0 heterocycles. The minimum absolute atomic E-state index is 0.591. The van der Waals surface area contributed by atoms with Gasteiger partial charge in [0.25, 0.3) is 0 Å². The molecule has 1 aromatic carbocycles. The van der Waals surface area contributed by atoms with Gasteiger partial charge in [0.15, 0.2) is 11.0 Å². The maximum Gasteiger partial charge on any atom is 0.240 e. The van der Waals surface area contributed by atoms with Gasteiger partial charge in [0.05, 0.1) is 0 Å². The Morgan fingerprint density at radius 1 is 1.07 bits per heavy atom. The molecule has 14 heavy (non-hydrogen) atoms. The molecular weight excluding hydrogens is 194 g/mol. The number of nitrogens with zero attached hydrogens (tertiary/aromatic N) is 3. The van der Waals surface area contributed by atoms with Crippen molar-refractivity contribution >= 4 is 5.69 Å². The third kappa shape index (κ3) is 1.28. The van der Waals surface area contributed by atoms with Crippen LogP contribution in [0.5, 0.6) is 0 Å². The van der Waals surface area contributed by atoms with Gasteiger partial charge in [0.2, 0.25) is 16.2 Å². The summed E-state index contributed by atoms with van der Waals surface area (Å²) in [7, 11) is 0. The molecule has 0 aromatic heterocycles. The summed E-state index contributed by atoms with van der Waals surface area (Å²) in [4.78, 5) is 32.2. The summed E-state index contributed by atoms with van der Waals surface area (Å²) >= 11 is 0. The highest BCUT2D eigenvalue weighted by Gasteiger charge is 2.08. The minimum Gasteiger partial charge on any atom is -0.410 e. The fourth-order valence-electron chi connectivity index (χ4n) is 0.839. The lowest BCUT2D eigenvalue weighted by atomic mass is 10.3. The molecule has 0 saturated carbocycles. The smallest absolute Gasteiger partial charge is 0.240 e. The lowest BCUT2D eigenvalue weighted by molar-refractivity contribution is 0.295. The fourth-order valence-corrected chi connectivity index (χ4v) is 0.839. The standard InChI is InChI=1S/C6H3N3O5/c10-5-2(7-12)1-3(8-13)6(11)4(5)9-14/h1,12,14H. The van der Waals surface area contributed by atoms with E-state index in [-0.39, 0.29) is 0 Å². The molecule has 0 radical (unpaired) electrons. The molecule has 0 fully saturated rings. The second-order valence-corrected chi connectivity index (χ2v) is 2.21. The average molecular weight is 197 g/mol. The molecule has 0 aliphatic carbocycles. The van der Waals surface area contributed by atoms with E-state index in [2.05, 4.69) is 15.5 Å². The summed E-state index contributed by atoms with van der Waals surface area (Å²) in [5.41, 5.74) is -2.85. The van der Waals surface area contributed by atoms with Gasteiger partial charge in [0, 0.05) is 6.07 Å². The summed E-state index contributed by atoms with van der Waals surface area (Å²) in [6.45, 7) is 0. The molecule has 0 aliphatic heterocycles. The zero-order valence-corrected chi connectivity index (χ0v) is 6.54. The summed E-state index contributed by atoms with van der Waals surface area (Å²) < 4.78 is 0. The van der Waals surface area contributed by atoms with Crippen LogP contribution in [0, 0.1) is 4.91 Å². The van der Waals surface area contributed by atoms with Crippen LogP contribution in [0.1, 0.15) is 0 Å². The normalized spacial score (nSPS) is 13.1. The maximum absolute atomic E-state index is 11.1. The van der Waals surface area contributed by atoms with E-state index in [4.69, 9.17) is 10.4 Å². The molecule has 1 aromatic rings. The zero-order chi connectivity index (χ0) is 10.7. The Bertz CT molecular complexity index is 581. The van der Waals surface area contributed by atoms with E-state index in [0.717, 1.165) is 0 Å². The molecule has 72 valence electrons. The Morgan fingerprint density at radius 3 is 2.14 bits per heavy atom. The quantitative estimate of drug-likeness (QED) is 0.313. The molecule has 0 spiro atoms. The second-order valence-electron chi connectivity index (χ2n) is 2.21. The van der Waals surface area contributed by atoms with E-state index in [1.165, 1.54) is 0 Å². The fraction of sp³-hybridized carbons (Fsp3) is 0. The van der Waals surface area contributed by atoms with Gasteiger partial charge in [-0.3, -0.25) is 9.59 Å². The summed E-state index contributed by atoms with van der Waals surface area (Å²) in [5, 5.41) is 22.3. The van der Waals surface area contributed by atoms with E-state index in [1.54, 1.807) is 0 Å². The van der Waals surface area contributed by atoms with Crippen molar-refractivity contribution in [2.24, 2.45) is 15.5 Å². The van der Waals surface area contributed by atoms with Gasteiger partial charge in [-0.2, -0.15) is 0 Å². The van der Waals surface area contributed by atoms with Crippen molar-refractivity contribution in [3.63, 3.8) is 0 Å². The Balaban J connectivity index is 4.06. The first-order valence-electron chi connectivity index (χ1n) is 3.24. The highest BCUT2D eigenvalue weighted by atomic mass is 16.4. The largest absolute Gasteiger partial charge is 0.410 e. The summed E-state index contributed by atoms with van der Waals surface area (Å²) in [6, 6.07) is 0.701. The Labute approximate surface area is 74.7 Å². The molecule has 0 aliphatic rings.